The lowest BCUT2D eigenvalue weighted by Crippen LogP contribution is -2.41. The van der Waals surface area contributed by atoms with Crippen molar-refractivity contribution in [3.05, 3.63) is 71.0 Å². The van der Waals surface area contributed by atoms with E-state index in [2.05, 4.69) is 0 Å². The van der Waals surface area contributed by atoms with Gasteiger partial charge in [0, 0.05) is 59.1 Å². The number of carbonyl (C=O) groups excluding carboxylic acids is 1. The summed E-state index contributed by atoms with van der Waals surface area (Å²) in [5, 5.41) is 11.1. The number of benzene rings is 1. The van der Waals surface area contributed by atoms with Crippen molar-refractivity contribution in [2.24, 2.45) is 0 Å². The van der Waals surface area contributed by atoms with Gasteiger partial charge in [-0.25, -0.2) is 71.9 Å². The van der Waals surface area contributed by atoms with Crippen LogP contribution in [0.5, 0.6) is 0 Å². The fourth-order valence-corrected chi connectivity index (χ4v) is 15.9. The van der Waals surface area contributed by atoms with Crippen LogP contribution < -0.4 is 4.90 Å². The normalized spacial score (nSPS) is 16.1. The minimum atomic E-state index is -4.45. The molecule has 2 aliphatic rings. The molecule has 0 fully saturated rings. The van der Waals surface area contributed by atoms with E-state index in [4.69, 9.17) is 0 Å². The van der Waals surface area contributed by atoms with Gasteiger partial charge >= 0.3 is 0 Å². The van der Waals surface area contributed by atoms with E-state index in [1.165, 1.54) is 58.0 Å². The molecule has 1 N–H and O–H groups in total. The lowest BCUT2D eigenvalue weighted by molar-refractivity contribution is -0.517. The lowest BCUT2D eigenvalue weighted by atomic mass is 9.80. The predicted molar refractivity (Wildman–Crippen MR) is 239 cm³/mol. The van der Waals surface area contributed by atoms with Crippen LogP contribution in [0, 0.1) is 0 Å². The third-order valence-corrected chi connectivity index (χ3v) is 25.5. The van der Waals surface area contributed by atoms with Gasteiger partial charge in [-0.1, -0.05) is 27.0 Å². The second kappa shape index (κ2) is 19.4. The summed E-state index contributed by atoms with van der Waals surface area (Å²) in [5.41, 5.74) is 0.337. The van der Waals surface area contributed by atoms with Crippen molar-refractivity contribution in [2.45, 2.75) is 0 Å². The van der Waals surface area contributed by atoms with E-state index in [1.807, 2.05) is 0 Å². The Hall–Kier alpha value is -3.44. The van der Waals surface area contributed by atoms with Gasteiger partial charge in [-0.3, -0.25) is 4.79 Å². The lowest BCUT2D eigenvalue weighted by Gasteiger charge is -2.27. The number of sulfonamides is 8. The van der Waals surface area contributed by atoms with Gasteiger partial charge in [0.15, 0.2) is 18.8 Å². The fourth-order valence-electron chi connectivity index (χ4n) is 5.60. The standard InChI is InChI=1S/C32H48N6O18S8/c1-33(57(5,41)42)61(49,50)21-17-37(18-22-62(51,52)34(2)58(6,43)44)27-13-9-25(10-14-27)29-31(39)30(32(29)40)26-11-15-28(16-12-26)38(19-23-63(53,54)35(3)59(7,45)46)20-24-64(55,56)36(4)60(8,47)48/h9-16H,17-24H2,1-8H3/p+1. The molecule has 0 saturated heterocycles. The Bertz CT molecular complexity index is 2980. The van der Waals surface area contributed by atoms with Gasteiger partial charge in [-0.2, -0.15) is 0 Å². The van der Waals surface area contributed by atoms with E-state index in [0.717, 1.165) is 28.2 Å². The highest BCUT2D eigenvalue weighted by molar-refractivity contribution is 8.05. The highest BCUT2D eigenvalue weighted by Crippen LogP contribution is 2.39. The Morgan fingerprint density at radius 3 is 1.12 bits per heavy atom. The zero-order valence-corrected chi connectivity index (χ0v) is 42.1. The second-order valence-corrected chi connectivity index (χ2v) is 31.8. The first-order chi connectivity index (χ1) is 28.8. The molecule has 1 aromatic carbocycles. The van der Waals surface area contributed by atoms with Crippen LogP contribution in [0.25, 0.3) is 5.57 Å². The van der Waals surface area contributed by atoms with Gasteiger partial charge in [-0.15, -0.1) is 0 Å². The maximum absolute atomic E-state index is 13.5. The molecule has 0 unspecified atom stereocenters. The van der Waals surface area contributed by atoms with Gasteiger partial charge in [-0.05, 0) is 35.4 Å². The zero-order valence-electron chi connectivity index (χ0n) is 35.6. The van der Waals surface area contributed by atoms with Crippen molar-refractivity contribution < 1.29 is 81.8 Å². The van der Waals surface area contributed by atoms with Crippen molar-refractivity contribution in [2.75, 3.05) is 107 Å². The summed E-state index contributed by atoms with van der Waals surface area (Å²) in [4.78, 5) is 14.7. The zero-order chi connectivity index (χ0) is 49.4. The fraction of sp³-hybridized carbons (Fsp3) is 0.500. The quantitative estimate of drug-likeness (QED) is 0.0899. The van der Waals surface area contributed by atoms with Crippen LogP contribution in [-0.2, 0) is 85.0 Å². The number of Topliss-reactive ketones (excluding diaryl/α,β-unsaturated/α-hetero) is 1. The third-order valence-electron chi connectivity index (χ3n) is 9.88. The summed E-state index contributed by atoms with van der Waals surface area (Å²) in [5.74, 6) is -4.40. The molecule has 0 bridgehead atoms. The maximum atomic E-state index is 13.5. The topological polar surface area (TPSA) is 330 Å². The monoisotopic (exact) mass is 1060 g/mol. The van der Waals surface area contributed by atoms with Gasteiger partial charge in [0.05, 0.1) is 47.7 Å². The summed E-state index contributed by atoms with van der Waals surface area (Å²) < 4.78 is 200. The van der Waals surface area contributed by atoms with Gasteiger partial charge < -0.3 is 10.0 Å². The Morgan fingerprint density at radius 1 is 0.484 bits per heavy atom. The van der Waals surface area contributed by atoms with Crippen LogP contribution in [0.15, 0.2) is 65.5 Å². The van der Waals surface area contributed by atoms with Crippen molar-refractivity contribution in [3.63, 3.8) is 0 Å². The van der Waals surface area contributed by atoms with Crippen LogP contribution >= 0.6 is 0 Å². The average Bonchev–Trinajstić information content (AvgIpc) is 3.16. The van der Waals surface area contributed by atoms with Gasteiger partial charge in [0.25, 0.3) is 0 Å². The molecule has 0 aromatic heterocycles. The predicted octanol–water partition coefficient (Wildman–Crippen LogP) is -2.89. The number of hydrogen-bond acceptors (Lipinski definition) is 19. The average molecular weight is 1060 g/mol. The van der Waals surface area contributed by atoms with E-state index in [-0.39, 0.29) is 48.5 Å². The first-order valence-corrected chi connectivity index (χ1v) is 31.8. The molecular weight excluding hydrogens is 1010 g/mol. The summed E-state index contributed by atoms with van der Waals surface area (Å²) in [6, 6.07) is 5.41. The highest BCUT2D eigenvalue weighted by Gasteiger charge is 2.38. The summed E-state index contributed by atoms with van der Waals surface area (Å²) in [6.45, 7) is -1.89. The molecule has 2 aliphatic carbocycles. The van der Waals surface area contributed by atoms with Gasteiger partial charge in [0.1, 0.15) is 17.3 Å². The number of rotatable bonds is 22. The van der Waals surface area contributed by atoms with Crippen LogP contribution in [0.1, 0.15) is 5.56 Å². The molecule has 0 radical (unpaired) electrons. The summed E-state index contributed by atoms with van der Waals surface area (Å²) in [7, 11) is -31.3. The summed E-state index contributed by atoms with van der Waals surface area (Å²) in [6.07, 6.45) is 8.08. The van der Waals surface area contributed by atoms with E-state index in [9.17, 15) is 77.2 Å². The molecular formula is C32H49N6O18S8+. The highest BCUT2D eigenvalue weighted by atomic mass is 32.3. The molecule has 64 heavy (non-hydrogen) atoms. The smallest absolute Gasteiger partial charge is 0.233 e. The SMILES string of the molecule is CN(S(C)(=O)=O)S(=O)(=O)CCN(CCS(=O)(=O)N(C)S(C)(=O)=O)c1ccc(C2=C(O)C(=C3C=CC(=[N+](CCS(=O)(=O)N(C)S(C)(=O)=O)CCS(=O)(=O)N(C)S(C)(=O)=O)C=C3)C2=O)cc1. The number of aliphatic hydroxyl groups excluding tert-OH is 1. The molecule has 362 valence electrons. The number of aliphatic hydroxyl groups is 1. The molecule has 0 amide bonds. The molecule has 0 heterocycles. The van der Waals surface area contributed by atoms with Crippen molar-refractivity contribution in [1.29, 1.82) is 0 Å². The molecule has 0 aliphatic heterocycles. The number of ketones is 1. The Balaban J connectivity index is 1.99. The third kappa shape index (κ3) is 13.3. The number of nitrogens with zero attached hydrogens (tertiary/aromatic N) is 6. The molecule has 0 atom stereocenters. The van der Waals surface area contributed by atoms with E-state index in [1.54, 1.807) is 0 Å². The van der Waals surface area contributed by atoms with E-state index >= 15 is 0 Å². The van der Waals surface area contributed by atoms with E-state index < -0.39 is 141 Å². The largest absolute Gasteiger partial charge is 0.506 e. The Kier molecular flexibility index (Phi) is 16.7. The van der Waals surface area contributed by atoms with Crippen LogP contribution in [0.4, 0.5) is 5.69 Å². The molecule has 0 spiro atoms. The van der Waals surface area contributed by atoms with Gasteiger partial charge in [0.2, 0.25) is 86.0 Å². The summed E-state index contributed by atoms with van der Waals surface area (Å²) >= 11 is 0. The molecule has 32 heteroatoms. The molecule has 1 aromatic rings. The minimum absolute atomic E-state index is 0.150. The minimum Gasteiger partial charge on any atom is -0.506 e. The van der Waals surface area contributed by atoms with Crippen molar-refractivity contribution in [3.8, 4) is 0 Å². The second-order valence-electron chi connectivity index (χ2n) is 14.3. The first kappa shape index (κ1) is 54.9. The number of carbonyl (C=O) groups is 1. The van der Waals surface area contributed by atoms with Crippen LogP contribution in [-0.4, -0.2) is 206 Å². The Labute approximate surface area is 375 Å². The number of anilines is 1. The van der Waals surface area contributed by atoms with Crippen molar-refractivity contribution in [1.82, 2.24) is 14.8 Å². The van der Waals surface area contributed by atoms with Crippen LogP contribution in [0.3, 0.4) is 0 Å². The number of allylic oxidation sites excluding steroid dienone is 7. The maximum Gasteiger partial charge on any atom is 0.233 e. The first-order valence-electron chi connectivity index (χ1n) is 18.0. The van der Waals surface area contributed by atoms with E-state index in [0.29, 0.717) is 25.0 Å². The Morgan fingerprint density at radius 2 is 0.812 bits per heavy atom. The molecule has 24 nitrogen and oxygen atoms in total. The molecule has 0 saturated carbocycles. The number of hydrogen-bond donors (Lipinski definition) is 1. The van der Waals surface area contributed by atoms with Crippen LogP contribution in [0.2, 0.25) is 0 Å². The van der Waals surface area contributed by atoms with Crippen molar-refractivity contribution >= 4 is 103 Å². The molecule has 3 rings (SSSR count).